The van der Waals surface area contributed by atoms with E-state index < -0.39 is 5.91 Å². The molecule has 9 heteroatoms. The third-order valence-electron chi connectivity index (χ3n) is 4.37. The van der Waals surface area contributed by atoms with Crippen molar-refractivity contribution in [1.29, 1.82) is 0 Å². The van der Waals surface area contributed by atoms with E-state index in [1.807, 2.05) is 31.2 Å². The van der Waals surface area contributed by atoms with Crippen LogP contribution in [0.15, 0.2) is 64.7 Å². The van der Waals surface area contributed by atoms with E-state index in [9.17, 15) is 4.79 Å². The van der Waals surface area contributed by atoms with Crippen LogP contribution in [0.4, 0.5) is 0 Å². The van der Waals surface area contributed by atoms with Crippen LogP contribution in [0, 0.1) is 0 Å². The van der Waals surface area contributed by atoms with Crippen LogP contribution >= 0.6 is 0 Å². The van der Waals surface area contributed by atoms with E-state index >= 15 is 0 Å². The molecule has 0 atom stereocenters. The van der Waals surface area contributed by atoms with E-state index in [2.05, 4.69) is 25.5 Å². The lowest BCUT2D eigenvalue weighted by Crippen LogP contribution is -2.19. The molecule has 0 unspecified atom stereocenters. The van der Waals surface area contributed by atoms with Crippen LogP contribution in [0.25, 0.3) is 22.4 Å². The molecule has 31 heavy (non-hydrogen) atoms. The number of hydrogen-bond donors (Lipinski definition) is 1. The molecule has 2 heterocycles. The van der Waals surface area contributed by atoms with Gasteiger partial charge in [0.2, 0.25) is 0 Å². The SMILES string of the molecule is CCOc1ccc(-c2cncc(C(=O)NN=Cc3cc(OC)cc4ncoc34)n2)cc1. The number of hydrazone groups is 1. The molecule has 0 fully saturated rings. The standard InChI is InChI=1S/C22H19N5O4/c1-3-30-16-6-4-14(5-7-16)19-11-23-12-20(26-19)22(28)27-25-10-15-8-17(29-2)9-18-21(15)31-13-24-18/h4-13H,3H2,1-2H3,(H,27,28). The van der Waals surface area contributed by atoms with E-state index in [1.165, 1.54) is 18.8 Å². The summed E-state index contributed by atoms with van der Waals surface area (Å²) < 4.78 is 16.1. The highest BCUT2D eigenvalue weighted by molar-refractivity contribution is 5.97. The molecule has 0 bridgehead atoms. The molecule has 2 aromatic heterocycles. The van der Waals surface area contributed by atoms with Crippen molar-refractivity contribution in [2.24, 2.45) is 5.10 Å². The summed E-state index contributed by atoms with van der Waals surface area (Å²) in [5.41, 5.74) is 5.75. The topological polar surface area (TPSA) is 112 Å². The second kappa shape index (κ2) is 9.04. The normalized spacial score (nSPS) is 11.0. The summed E-state index contributed by atoms with van der Waals surface area (Å²) >= 11 is 0. The molecule has 0 aliphatic carbocycles. The third kappa shape index (κ3) is 4.50. The summed E-state index contributed by atoms with van der Waals surface area (Å²) in [6, 6.07) is 10.9. The minimum atomic E-state index is -0.492. The van der Waals surface area contributed by atoms with Gasteiger partial charge in [-0.25, -0.2) is 15.4 Å². The van der Waals surface area contributed by atoms with Crippen molar-refractivity contribution in [3.63, 3.8) is 0 Å². The maximum atomic E-state index is 12.5. The van der Waals surface area contributed by atoms with Gasteiger partial charge in [0.15, 0.2) is 12.0 Å². The third-order valence-corrected chi connectivity index (χ3v) is 4.37. The molecule has 1 amide bonds. The summed E-state index contributed by atoms with van der Waals surface area (Å²) in [4.78, 5) is 25.1. The fourth-order valence-electron chi connectivity index (χ4n) is 2.90. The number of methoxy groups -OCH3 is 1. The van der Waals surface area contributed by atoms with Crippen LogP contribution in [-0.4, -0.2) is 40.8 Å². The molecular formula is C22H19N5O4. The van der Waals surface area contributed by atoms with Crippen LogP contribution in [0.5, 0.6) is 11.5 Å². The molecule has 0 spiro atoms. The Morgan fingerprint density at radius 2 is 2.03 bits per heavy atom. The van der Waals surface area contributed by atoms with Gasteiger partial charge in [0.25, 0.3) is 5.91 Å². The second-order valence-electron chi connectivity index (χ2n) is 6.36. The van der Waals surface area contributed by atoms with Crippen molar-refractivity contribution < 1.29 is 18.7 Å². The average Bonchev–Trinajstić information content (AvgIpc) is 3.28. The molecule has 0 saturated heterocycles. The molecule has 0 saturated carbocycles. The highest BCUT2D eigenvalue weighted by Gasteiger charge is 2.11. The van der Waals surface area contributed by atoms with Gasteiger partial charge in [-0.15, -0.1) is 0 Å². The first-order chi connectivity index (χ1) is 15.2. The molecule has 9 nitrogen and oxygen atoms in total. The fraction of sp³-hybridized carbons (Fsp3) is 0.136. The quantitative estimate of drug-likeness (QED) is 0.362. The Hall–Kier alpha value is -4.27. The maximum Gasteiger partial charge on any atom is 0.291 e. The van der Waals surface area contributed by atoms with Gasteiger partial charge in [0.05, 0.1) is 38.0 Å². The van der Waals surface area contributed by atoms with E-state index in [0.717, 1.165) is 11.3 Å². The number of carbonyl (C=O) groups is 1. The number of hydrogen-bond acceptors (Lipinski definition) is 8. The number of aromatic nitrogens is 3. The van der Waals surface area contributed by atoms with Crippen LogP contribution in [0.3, 0.4) is 0 Å². The van der Waals surface area contributed by atoms with Crippen molar-refractivity contribution in [3.05, 3.63) is 66.4 Å². The van der Waals surface area contributed by atoms with Gasteiger partial charge < -0.3 is 13.9 Å². The predicted molar refractivity (Wildman–Crippen MR) is 114 cm³/mol. The molecule has 0 radical (unpaired) electrons. The number of rotatable bonds is 7. The largest absolute Gasteiger partial charge is 0.497 e. The second-order valence-corrected chi connectivity index (χ2v) is 6.36. The van der Waals surface area contributed by atoms with Crippen molar-refractivity contribution >= 4 is 23.2 Å². The van der Waals surface area contributed by atoms with Crippen LogP contribution < -0.4 is 14.9 Å². The highest BCUT2D eigenvalue weighted by Crippen LogP contribution is 2.23. The molecule has 4 aromatic rings. The highest BCUT2D eigenvalue weighted by atomic mass is 16.5. The van der Waals surface area contributed by atoms with E-state index in [4.69, 9.17) is 13.9 Å². The Bertz CT molecular complexity index is 1230. The van der Waals surface area contributed by atoms with Gasteiger partial charge >= 0.3 is 0 Å². The van der Waals surface area contributed by atoms with Crippen LogP contribution in [0.2, 0.25) is 0 Å². The van der Waals surface area contributed by atoms with Crippen molar-refractivity contribution in [2.45, 2.75) is 6.92 Å². The molecule has 4 rings (SSSR count). The molecule has 2 aromatic carbocycles. The average molecular weight is 417 g/mol. The summed E-state index contributed by atoms with van der Waals surface area (Å²) in [6.45, 7) is 2.51. The molecule has 0 aliphatic heterocycles. The first-order valence-corrected chi connectivity index (χ1v) is 9.48. The van der Waals surface area contributed by atoms with E-state index in [1.54, 1.807) is 25.4 Å². The summed E-state index contributed by atoms with van der Waals surface area (Å²) in [7, 11) is 1.56. The predicted octanol–water partition coefficient (Wildman–Crippen LogP) is 3.46. The fourth-order valence-corrected chi connectivity index (χ4v) is 2.90. The van der Waals surface area contributed by atoms with E-state index in [-0.39, 0.29) is 5.69 Å². The van der Waals surface area contributed by atoms with Crippen LogP contribution in [0.1, 0.15) is 23.0 Å². The summed E-state index contributed by atoms with van der Waals surface area (Å²) in [6.07, 6.45) is 5.76. The zero-order valence-corrected chi connectivity index (χ0v) is 16.9. The van der Waals surface area contributed by atoms with Gasteiger partial charge in [-0.1, -0.05) is 0 Å². The Morgan fingerprint density at radius 3 is 2.81 bits per heavy atom. The smallest absolute Gasteiger partial charge is 0.291 e. The van der Waals surface area contributed by atoms with Gasteiger partial charge in [-0.2, -0.15) is 5.10 Å². The zero-order chi connectivity index (χ0) is 21.6. The monoisotopic (exact) mass is 417 g/mol. The van der Waals surface area contributed by atoms with Gasteiger partial charge in [0, 0.05) is 17.2 Å². The Kier molecular flexibility index (Phi) is 5.84. The number of oxazole rings is 1. The number of nitrogens with zero attached hydrogens (tertiary/aromatic N) is 4. The zero-order valence-electron chi connectivity index (χ0n) is 16.9. The number of carbonyl (C=O) groups excluding carboxylic acids is 1. The lowest BCUT2D eigenvalue weighted by atomic mass is 10.1. The first kappa shape index (κ1) is 20.0. The first-order valence-electron chi connectivity index (χ1n) is 9.48. The maximum absolute atomic E-state index is 12.5. The Morgan fingerprint density at radius 1 is 1.19 bits per heavy atom. The van der Waals surface area contributed by atoms with Crippen molar-refractivity contribution in [1.82, 2.24) is 20.4 Å². The summed E-state index contributed by atoms with van der Waals surface area (Å²) in [5.74, 6) is 0.872. The van der Waals surface area contributed by atoms with Gasteiger partial charge in [0.1, 0.15) is 22.7 Å². The number of fused-ring (bicyclic) bond motifs is 1. The van der Waals surface area contributed by atoms with Crippen LogP contribution in [-0.2, 0) is 0 Å². The number of ether oxygens (including phenoxy) is 2. The molecular weight excluding hydrogens is 398 g/mol. The molecule has 156 valence electrons. The van der Waals surface area contributed by atoms with E-state index in [0.29, 0.717) is 34.7 Å². The molecule has 1 N–H and O–H groups in total. The number of amides is 1. The van der Waals surface area contributed by atoms with Crippen molar-refractivity contribution in [3.8, 4) is 22.8 Å². The summed E-state index contributed by atoms with van der Waals surface area (Å²) in [5, 5.41) is 4.01. The lowest BCUT2D eigenvalue weighted by Gasteiger charge is -2.06. The number of benzene rings is 2. The molecule has 0 aliphatic rings. The minimum Gasteiger partial charge on any atom is -0.497 e. The van der Waals surface area contributed by atoms with Gasteiger partial charge in [-0.05, 0) is 37.3 Å². The Labute approximate surface area is 177 Å². The lowest BCUT2D eigenvalue weighted by molar-refractivity contribution is 0.0950. The number of nitrogens with one attached hydrogen (secondary N) is 1. The minimum absolute atomic E-state index is 0.138. The van der Waals surface area contributed by atoms with Crippen molar-refractivity contribution in [2.75, 3.05) is 13.7 Å². The Balaban J connectivity index is 1.49. The van der Waals surface area contributed by atoms with Gasteiger partial charge in [-0.3, -0.25) is 9.78 Å².